The number of hydrogen-bond donors (Lipinski definition) is 3. The average molecular weight is 340 g/mol. The molecule has 1 aliphatic rings. The van der Waals surface area contributed by atoms with Crippen molar-refractivity contribution in [3.05, 3.63) is 29.3 Å². The van der Waals surface area contributed by atoms with Crippen LogP contribution in [0.2, 0.25) is 0 Å². The van der Waals surface area contributed by atoms with Crippen LogP contribution < -0.4 is 10.0 Å². The van der Waals surface area contributed by atoms with Gasteiger partial charge in [0.2, 0.25) is 10.0 Å². The minimum Gasteiger partial charge on any atom is -0.480 e. The van der Waals surface area contributed by atoms with Crippen LogP contribution in [0.5, 0.6) is 0 Å². The van der Waals surface area contributed by atoms with Crippen molar-refractivity contribution in [3.63, 3.8) is 0 Å². The number of carboxylic acid groups (broad SMARTS) is 1. The number of nitrogens with one attached hydrogen (secondary N) is 2. The first-order valence-electron chi connectivity index (χ1n) is 7.42. The van der Waals surface area contributed by atoms with Crippen LogP contribution in [0.15, 0.2) is 23.1 Å². The minimum atomic E-state index is -3.71. The van der Waals surface area contributed by atoms with Crippen molar-refractivity contribution >= 4 is 21.9 Å². The van der Waals surface area contributed by atoms with Gasteiger partial charge in [0.15, 0.2) is 0 Å². The predicted molar refractivity (Wildman–Crippen MR) is 83.7 cm³/mol. The highest BCUT2D eigenvalue weighted by Gasteiger charge is 2.25. The van der Waals surface area contributed by atoms with Gasteiger partial charge in [-0.25, -0.2) is 13.1 Å². The molecule has 1 aromatic rings. The van der Waals surface area contributed by atoms with Crippen LogP contribution in [0.1, 0.15) is 41.6 Å². The van der Waals surface area contributed by atoms with E-state index in [-0.39, 0.29) is 16.5 Å². The third kappa shape index (κ3) is 4.52. The summed E-state index contributed by atoms with van der Waals surface area (Å²) < 4.78 is 27.7. The summed E-state index contributed by atoms with van der Waals surface area (Å²) >= 11 is 0. The number of rotatable bonds is 6. The van der Waals surface area contributed by atoms with E-state index in [1.165, 1.54) is 12.1 Å². The van der Waals surface area contributed by atoms with E-state index in [1.54, 1.807) is 13.0 Å². The Bertz CT molecular complexity index is 709. The fraction of sp³-hybridized carbons (Fsp3) is 0.467. The maximum absolute atomic E-state index is 12.5. The molecule has 0 saturated heterocycles. The Morgan fingerprint density at radius 1 is 1.26 bits per heavy atom. The number of aliphatic carboxylic acids is 1. The van der Waals surface area contributed by atoms with E-state index in [9.17, 15) is 18.0 Å². The summed E-state index contributed by atoms with van der Waals surface area (Å²) in [5, 5.41) is 10.8. The van der Waals surface area contributed by atoms with Crippen molar-refractivity contribution < 1.29 is 23.1 Å². The van der Waals surface area contributed by atoms with E-state index in [4.69, 9.17) is 5.11 Å². The Morgan fingerprint density at radius 3 is 2.52 bits per heavy atom. The summed E-state index contributed by atoms with van der Waals surface area (Å²) in [6, 6.07) is 4.23. The molecule has 0 radical (unpaired) electrons. The highest BCUT2D eigenvalue weighted by atomic mass is 32.2. The molecular weight excluding hydrogens is 320 g/mol. The summed E-state index contributed by atoms with van der Waals surface area (Å²) in [5.41, 5.74) is 0.647. The summed E-state index contributed by atoms with van der Waals surface area (Å²) in [6.45, 7) is 1.14. The Morgan fingerprint density at radius 2 is 1.91 bits per heavy atom. The second-order valence-corrected chi connectivity index (χ2v) is 7.34. The molecular formula is C15H20N2O5S. The van der Waals surface area contributed by atoms with E-state index < -0.39 is 28.4 Å². The highest BCUT2D eigenvalue weighted by molar-refractivity contribution is 7.89. The van der Waals surface area contributed by atoms with E-state index in [0.29, 0.717) is 5.56 Å². The zero-order valence-electron chi connectivity index (χ0n) is 12.8. The first kappa shape index (κ1) is 17.4. The van der Waals surface area contributed by atoms with E-state index >= 15 is 0 Å². The molecule has 1 aliphatic carbocycles. The molecule has 0 atom stereocenters. The van der Waals surface area contributed by atoms with Gasteiger partial charge in [0.1, 0.15) is 6.54 Å². The number of carboxylic acids is 1. The van der Waals surface area contributed by atoms with E-state index in [1.807, 2.05) is 0 Å². The van der Waals surface area contributed by atoms with E-state index in [0.717, 1.165) is 25.7 Å². The van der Waals surface area contributed by atoms with E-state index in [2.05, 4.69) is 10.0 Å². The van der Waals surface area contributed by atoms with Gasteiger partial charge < -0.3 is 10.4 Å². The lowest BCUT2D eigenvalue weighted by Gasteiger charge is -2.15. The Hall–Kier alpha value is -1.93. The second-order valence-electron chi connectivity index (χ2n) is 5.66. The molecule has 1 amide bonds. The molecule has 1 saturated carbocycles. The standard InChI is InChI=1S/C15H20N2O5S/c1-10-6-7-11(15(20)16-9-14(18)19)8-13(10)23(21,22)17-12-4-2-3-5-12/h6-8,12,17H,2-5,9H2,1H3,(H,16,20)(H,18,19). The molecule has 0 aliphatic heterocycles. The van der Waals surface area contributed by atoms with Gasteiger partial charge in [-0.05, 0) is 37.5 Å². The Labute approximate surface area is 135 Å². The van der Waals surface area contributed by atoms with Crippen LogP contribution in [-0.2, 0) is 14.8 Å². The van der Waals surface area contributed by atoms with Crippen LogP contribution in [0.4, 0.5) is 0 Å². The normalized spacial score (nSPS) is 15.5. The van der Waals surface area contributed by atoms with Gasteiger partial charge in [-0.15, -0.1) is 0 Å². The van der Waals surface area contributed by atoms with Gasteiger partial charge in [0, 0.05) is 11.6 Å². The number of amides is 1. The van der Waals surface area contributed by atoms with Crippen LogP contribution in [0.3, 0.4) is 0 Å². The Kier molecular flexibility index (Phi) is 5.38. The number of carbonyl (C=O) groups is 2. The van der Waals surface area contributed by atoms with Crippen molar-refractivity contribution in [2.24, 2.45) is 0 Å². The fourth-order valence-corrected chi connectivity index (χ4v) is 4.19. The number of aryl methyl sites for hydroxylation is 1. The maximum atomic E-state index is 12.5. The van der Waals surface area contributed by atoms with Gasteiger partial charge >= 0.3 is 5.97 Å². The molecule has 1 aromatic carbocycles. The molecule has 7 nitrogen and oxygen atoms in total. The van der Waals surface area contributed by atoms with Crippen LogP contribution in [0.25, 0.3) is 0 Å². The Balaban J connectivity index is 2.22. The summed E-state index contributed by atoms with van der Waals surface area (Å²) in [7, 11) is -3.71. The molecule has 126 valence electrons. The molecule has 3 N–H and O–H groups in total. The minimum absolute atomic E-state index is 0.0485. The fourth-order valence-electron chi connectivity index (χ4n) is 2.62. The van der Waals surface area contributed by atoms with Crippen LogP contribution >= 0.6 is 0 Å². The molecule has 0 heterocycles. The number of carbonyl (C=O) groups excluding carboxylic acids is 1. The van der Waals surface area contributed by atoms with Gasteiger partial charge in [0.25, 0.3) is 5.91 Å². The first-order chi connectivity index (χ1) is 10.8. The topological polar surface area (TPSA) is 113 Å². The summed E-state index contributed by atoms with van der Waals surface area (Å²) in [6.07, 6.45) is 3.64. The van der Waals surface area contributed by atoms with Crippen LogP contribution in [0, 0.1) is 6.92 Å². The van der Waals surface area contributed by atoms with Crippen LogP contribution in [-0.4, -0.2) is 38.0 Å². The molecule has 1 fully saturated rings. The lowest BCUT2D eigenvalue weighted by Crippen LogP contribution is -2.33. The molecule has 0 bridgehead atoms. The zero-order valence-corrected chi connectivity index (χ0v) is 13.6. The van der Waals surface area contributed by atoms with Crippen molar-refractivity contribution in [2.45, 2.75) is 43.5 Å². The third-order valence-corrected chi connectivity index (χ3v) is 5.48. The molecule has 8 heteroatoms. The lowest BCUT2D eigenvalue weighted by atomic mass is 10.1. The highest BCUT2D eigenvalue weighted by Crippen LogP contribution is 2.22. The van der Waals surface area contributed by atoms with Crippen molar-refractivity contribution in [2.75, 3.05) is 6.54 Å². The first-order valence-corrected chi connectivity index (χ1v) is 8.91. The lowest BCUT2D eigenvalue weighted by molar-refractivity contribution is -0.135. The number of sulfonamides is 1. The van der Waals surface area contributed by atoms with Gasteiger partial charge in [-0.2, -0.15) is 0 Å². The predicted octanol–water partition coefficient (Wildman–Crippen LogP) is 1.03. The maximum Gasteiger partial charge on any atom is 0.322 e. The SMILES string of the molecule is Cc1ccc(C(=O)NCC(=O)O)cc1S(=O)(=O)NC1CCCC1. The smallest absolute Gasteiger partial charge is 0.322 e. The molecule has 23 heavy (non-hydrogen) atoms. The number of hydrogen-bond acceptors (Lipinski definition) is 4. The second kappa shape index (κ2) is 7.10. The third-order valence-electron chi connectivity index (χ3n) is 3.82. The molecule has 2 rings (SSSR count). The number of benzene rings is 1. The largest absolute Gasteiger partial charge is 0.480 e. The average Bonchev–Trinajstić information content (AvgIpc) is 2.97. The van der Waals surface area contributed by atoms with Crippen molar-refractivity contribution in [3.8, 4) is 0 Å². The van der Waals surface area contributed by atoms with Gasteiger partial charge in [-0.3, -0.25) is 9.59 Å². The van der Waals surface area contributed by atoms with Crippen molar-refractivity contribution in [1.82, 2.24) is 10.0 Å². The molecule has 0 aromatic heterocycles. The van der Waals surface area contributed by atoms with Gasteiger partial charge in [-0.1, -0.05) is 18.9 Å². The van der Waals surface area contributed by atoms with Gasteiger partial charge in [0.05, 0.1) is 4.90 Å². The quantitative estimate of drug-likeness (QED) is 0.716. The monoisotopic (exact) mass is 340 g/mol. The molecule has 0 unspecified atom stereocenters. The molecule has 0 spiro atoms. The summed E-state index contributed by atoms with van der Waals surface area (Å²) in [4.78, 5) is 22.4. The zero-order chi connectivity index (χ0) is 17.0. The summed E-state index contributed by atoms with van der Waals surface area (Å²) in [5.74, 6) is -1.79. The van der Waals surface area contributed by atoms with Crippen molar-refractivity contribution in [1.29, 1.82) is 0 Å².